The summed E-state index contributed by atoms with van der Waals surface area (Å²) in [5, 5.41) is 24.2. The van der Waals surface area contributed by atoms with E-state index in [0.29, 0.717) is 11.6 Å². The van der Waals surface area contributed by atoms with Crippen molar-refractivity contribution in [2.75, 3.05) is 5.73 Å². The van der Waals surface area contributed by atoms with Crippen molar-refractivity contribution in [2.45, 2.75) is 50.1 Å². The third-order valence-electron chi connectivity index (χ3n) is 6.48. The maximum absolute atomic E-state index is 12.0. The Labute approximate surface area is 196 Å². The lowest BCUT2D eigenvalue weighted by atomic mass is 9.63. The molecule has 2 aromatic heterocycles. The molecule has 2 aliphatic rings. The van der Waals surface area contributed by atoms with E-state index < -0.39 is 5.41 Å². The number of hydrogen-bond acceptors (Lipinski definition) is 6. The average molecular weight is 460 g/mol. The van der Waals surface area contributed by atoms with Crippen LogP contribution in [0.4, 0.5) is 5.95 Å². The van der Waals surface area contributed by atoms with Gasteiger partial charge in [0.1, 0.15) is 17.9 Å². The Morgan fingerprint density at radius 1 is 1.18 bits per heavy atom. The Bertz CT molecular complexity index is 1240. The maximum atomic E-state index is 12.0. The first-order valence-corrected chi connectivity index (χ1v) is 11.3. The molecule has 0 bridgehead atoms. The van der Waals surface area contributed by atoms with Crippen LogP contribution in [0.5, 0.6) is 0 Å². The highest BCUT2D eigenvalue weighted by atomic mass is 16.3. The molecule has 1 aromatic carbocycles. The van der Waals surface area contributed by atoms with Gasteiger partial charge in [-0.3, -0.25) is 14.9 Å². The zero-order chi connectivity index (χ0) is 23.7. The molecule has 0 atom stereocenters. The topological polar surface area (TPSA) is 158 Å². The minimum atomic E-state index is -0.497. The summed E-state index contributed by atoms with van der Waals surface area (Å²) in [6.45, 7) is 0.108. The van der Waals surface area contributed by atoms with E-state index in [1.54, 1.807) is 18.6 Å². The highest BCUT2D eigenvalue weighted by molar-refractivity contribution is 6.04. The standard InChI is InChI=1S/C24H26N8O2/c25-22(31-21(34)17-12-29-32(13-17)14-20(33)30-19-6-7-19)24(8-1-9-24)18-4-2-15(3-5-18)16-10-27-23(26)28-11-16/h2-5,10-13,19H,1,6-9,14H2,(H,30,33)(H2,25,31,34)(H2,26,27,28)/p+1. The number of nitrogen functional groups attached to an aromatic ring is 1. The van der Waals surface area contributed by atoms with E-state index in [0.717, 1.165) is 48.8 Å². The Balaban J connectivity index is 1.30. The number of aliphatic imine (C=N–C) groups is 1. The van der Waals surface area contributed by atoms with E-state index >= 15 is 0 Å². The molecule has 6 N–H and O–H groups in total. The minimum Gasteiger partial charge on any atom is -0.578 e. The van der Waals surface area contributed by atoms with Crippen molar-refractivity contribution in [2.24, 2.45) is 4.99 Å². The molecule has 0 aliphatic heterocycles. The lowest BCUT2D eigenvalue weighted by molar-refractivity contribution is -0.122. The van der Waals surface area contributed by atoms with Crippen molar-refractivity contribution in [3.05, 3.63) is 60.2 Å². The molecule has 1 amide bonds. The Kier molecular flexibility index (Phi) is 5.56. The highest BCUT2D eigenvalue weighted by Gasteiger charge is 2.43. The first-order chi connectivity index (χ1) is 16.4. The number of anilines is 1. The van der Waals surface area contributed by atoms with E-state index in [9.17, 15) is 4.79 Å². The van der Waals surface area contributed by atoms with Gasteiger partial charge in [-0.05, 0) is 36.8 Å². The van der Waals surface area contributed by atoms with Crippen molar-refractivity contribution in [3.8, 4) is 11.1 Å². The molecular weight excluding hydrogens is 432 g/mol. The van der Waals surface area contributed by atoms with Crippen molar-refractivity contribution >= 4 is 23.6 Å². The van der Waals surface area contributed by atoms with Gasteiger partial charge in [0.25, 0.3) is 0 Å². The summed E-state index contributed by atoms with van der Waals surface area (Å²) in [6.07, 6.45) is 11.2. The number of amides is 1. The Hall–Kier alpha value is -4.08. The molecule has 0 saturated heterocycles. The van der Waals surface area contributed by atoms with Gasteiger partial charge in [0, 0.05) is 30.2 Å². The molecule has 0 spiro atoms. The number of hydrogen-bond donors (Lipinski definition) is 3. The predicted molar refractivity (Wildman–Crippen MR) is 129 cm³/mol. The fraction of sp³-hybridized carbons (Fsp3) is 0.333. The number of nitrogens with zero attached hydrogens (tertiary/aromatic N) is 5. The van der Waals surface area contributed by atoms with Crippen LogP contribution < -0.4 is 11.1 Å². The summed E-state index contributed by atoms with van der Waals surface area (Å²) >= 11 is 0. The summed E-state index contributed by atoms with van der Waals surface area (Å²) in [5.74, 6) is 0.293. The van der Waals surface area contributed by atoms with E-state index in [-0.39, 0.29) is 30.1 Å². The van der Waals surface area contributed by atoms with Crippen LogP contribution in [0.1, 0.15) is 43.2 Å². The number of nitrogens with one attached hydrogen (secondary N) is 2. The molecule has 2 heterocycles. The second kappa shape index (κ2) is 8.69. The van der Waals surface area contributed by atoms with Gasteiger partial charge in [0.15, 0.2) is 0 Å². The van der Waals surface area contributed by atoms with Crippen LogP contribution >= 0.6 is 0 Å². The average Bonchev–Trinajstić information content (AvgIpc) is 3.48. The van der Waals surface area contributed by atoms with Crippen LogP contribution in [-0.2, 0) is 16.8 Å². The summed E-state index contributed by atoms with van der Waals surface area (Å²) in [6, 6.07) is 8.28. The molecule has 2 aliphatic carbocycles. The van der Waals surface area contributed by atoms with Crippen LogP contribution in [0.3, 0.4) is 0 Å². The summed E-state index contributed by atoms with van der Waals surface area (Å²) < 4.78 is 1.50. The molecule has 2 fully saturated rings. The van der Waals surface area contributed by atoms with Gasteiger partial charge in [-0.2, -0.15) is 5.10 Å². The van der Waals surface area contributed by atoms with Gasteiger partial charge in [0.2, 0.25) is 11.9 Å². The molecule has 0 unspecified atom stereocenters. The monoisotopic (exact) mass is 459 g/mol. The first kappa shape index (κ1) is 21.7. The van der Waals surface area contributed by atoms with Gasteiger partial charge in [-0.25, -0.2) is 9.97 Å². The van der Waals surface area contributed by atoms with Crippen molar-refractivity contribution in [1.82, 2.24) is 25.1 Å². The number of aromatic nitrogens is 4. The molecule has 10 heteroatoms. The minimum absolute atomic E-state index is 0.0271. The van der Waals surface area contributed by atoms with Crippen LogP contribution in [0.15, 0.2) is 54.0 Å². The van der Waals surface area contributed by atoms with Crippen LogP contribution in [0, 0.1) is 5.41 Å². The third-order valence-corrected chi connectivity index (χ3v) is 6.48. The number of amidine groups is 1. The van der Waals surface area contributed by atoms with Gasteiger partial charge < -0.3 is 16.2 Å². The van der Waals surface area contributed by atoms with E-state index in [2.05, 4.69) is 25.4 Å². The normalized spacial score (nSPS) is 17.1. The van der Waals surface area contributed by atoms with Gasteiger partial charge in [-0.15, -0.1) is 4.99 Å². The maximum Gasteiger partial charge on any atom is 0.369 e. The third kappa shape index (κ3) is 4.39. The fourth-order valence-corrected chi connectivity index (χ4v) is 4.17. The lowest BCUT2D eigenvalue weighted by Crippen LogP contribution is -2.41. The van der Waals surface area contributed by atoms with Crippen LogP contribution in [0.25, 0.3) is 11.1 Å². The zero-order valence-corrected chi connectivity index (χ0v) is 18.7. The number of benzene rings is 1. The van der Waals surface area contributed by atoms with E-state index in [4.69, 9.17) is 16.2 Å². The second-order valence-corrected chi connectivity index (χ2v) is 8.92. The Morgan fingerprint density at radius 3 is 2.50 bits per heavy atom. The smallest absolute Gasteiger partial charge is 0.369 e. The number of rotatable bonds is 7. The SMILES string of the molecule is N=C(N=C([OH2+])c1cnn(CC(=O)NC2CC2)c1)C1(c2ccc(-c3cnc(N)nc3)cc2)CCC1. The molecule has 2 saturated carbocycles. The largest absolute Gasteiger partial charge is 0.578 e. The van der Waals surface area contributed by atoms with Gasteiger partial charge >= 0.3 is 5.90 Å². The molecule has 5 rings (SSSR count). The van der Waals surface area contributed by atoms with E-state index in [1.165, 1.54) is 10.9 Å². The Morgan fingerprint density at radius 2 is 1.88 bits per heavy atom. The lowest BCUT2D eigenvalue weighted by Gasteiger charge is -2.41. The van der Waals surface area contributed by atoms with Gasteiger partial charge in [0.05, 0.1) is 11.6 Å². The fourth-order valence-electron chi connectivity index (χ4n) is 4.17. The van der Waals surface area contributed by atoms with E-state index in [1.807, 2.05) is 24.3 Å². The first-order valence-electron chi connectivity index (χ1n) is 11.3. The molecule has 10 nitrogen and oxygen atoms in total. The number of carbonyl (C=O) groups excluding carboxylic acids is 1. The van der Waals surface area contributed by atoms with Crippen molar-refractivity contribution < 1.29 is 9.90 Å². The molecule has 0 radical (unpaired) electrons. The molecule has 3 aromatic rings. The predicted octanol–water partition coefficient (Wildman–Crippen LogP) is 1.77. The van der Waals surface area contributed by atoms with Crippen molar-refractivity contribution in [3.63, 3.8) is 0 Å². The summed E-state index contributed by atoms with van der Waals surface area (Å²) in [7, 11) is 0. The zero-order valence-electron chi connectivity index (χ0n) is 18.7. The number of carbonyl (C=O) groups is 1. The van der Waals surface area contributed by atoms with Gasteiger partial charge in [-0.1, -0.05) is 30.7 Å². The quantitative estimate of drug-likeness (QED) is 0.279. The summed E-state index contributed by atoms with van der Waals surface area (Å²) in [5.41, 5.74) is 8.40. The van der Waals surface area contributed by atoms with Crippen molar-refractivity contribution in [1.29, 1.82) is 5.41 Å². The molecular formula is C24H27N8O2+. The summed E-state index contributed by atoms with van der Waals surface area (Å²) in [4.78, 5) is 24.4. The second-order valence-electron chi connectivity index (χ2n) is 8.92. The number of nitrogens with two attached hydrogens (primary N) is 1. The highest BCUT2D eigenvalue weighted by Crippen LogP contribution is 2.45. The van der Waals surface area contributed by atoms with Crippen LogP contribution in [-0.4, -0.2) is 48.5 Å². The van der Waals surface area contributed by atoms with Crippen LogP contribution in [0.2, 0.25) is 0 Å². The molecule has 174 valence electrons. The molecule has 34 heavy (non-hydrogen) atoms.